The van der Waals surface area contributed by atoms with E-state index in [1.54, 1.807) is 24.3 Å². The molecule has 0 saturated heterocycles. The van der Waals surface area contributed by atoms with Crippen LogP contribution < -0.4 is 4.74 Å². The van der Waals surface area contributed by atoms with Gasteiger partial charge < -0.3 is 9.47 Å². The number of ether oxygens (including phenoxy) is 2. The van der Waals surface area contributed by atoms with Gasteiger partial charge in [-0.3, -0.25) is 9.59 Å². The van der Waals surface area contributed by atoms with Gasteiger partial charge in [0, 0.05) is 5.02 Å². The Morgan fingerprint density at radius 2 is 1.80 bits per heavy atom. The van der Waals surface area contributed by atoms with Crippen LogP contribution in [0.2, 0.25) is 5.02 Å². The zero-order valence-corrected chi connectivity index (χ0v) is 12.6. The second kappa shape index (κ2) is 7.90. The summed E-state index contributed by atoms with van der Waals surface area (Å²) < 4.78 is 10.2. The average molecular weight is 299 g/mol. The summed E-state index contributed by atoms with van der Waals surface area (Å²) in [5.74, 6) is -0.264. The number of halogens is 1. The molecule has 0 spiro atoms. The Kier molecular flexibility index (Phi) is 6.52. The summed E-state index contributed by atoms with van der Waals surface area (Å²) in [7, 11) is 0. The van der Waals surface area contributed by atoms with Crippen LogP contribution in [0.15, 0.2) is 24.3 Å². The van der Waals surface area contributed by atoms with E-state index in [9.17, 15) is 9.59 Å². The lowest BCUT2D eigenvalue weighted by molar-refractivity contribution is -0.152. The fourth-order valence-corrected chi connectivity index (χ4v) is 1.50. The lowest BCUT2D eigenvalue weighted by Crippen LogP contribution is -2.21. The third-order valence-corrected chi connectivity index (χ3v) is 3.05. The van der Waals surface area contributed by atoms with Gasteiger partial charge >= 0.3 is 11.9 Å². The molecule has 0 N–H and O–H groups in total. The van der Waals surface area contributed by atoms with Gasteiger partial charge in [0.15, 0.2) is 0 Å². The molecule has 0 saturated carbocycles. The Morgan fingerprint density at radius 3 is 2.40 bits per heavy atom. The molecule has 5 heteroatoms. The van der Waals surface area contributed by atoms with Crippen molar-refractivity contribution in [1.82, 2.24) is 0 Å². The van der Waals surface area contributed by atoms with Crippen LogP contribution in [0.25, 0.3) is 0 Å². The van der Waals surface area contributed by atoms with E-state index in [0.717, 1.165) is 0 Å². The van der Waals surface area contributed by atoms with E-state index in [1.165, 1.54) is 0 Å². The third kappa shape index (κ3) is 6.06. The van der Waals surface area contributed by atoms with Gasteiger partial charge in [-0.05, 0) is 31.0 Å². The predicted octanol–water partition coefficient (Wildman–Crippen LogP) is 3.61. The van der Waals surface area contributed by atoms with Crippen molar-refractivity contribution in [3.05, 3.63) is 29.3 Å². The van der Waals surface area contributed by atoms with Crippen molar-refractivity contribution in [2.45, 2.75) is 39.7 Å². The number of esters is 2. The van der Waals surface area contributed by atoms with Crippen LogP contribution in [0.4, 0.5) is 0 Å². The lowest BCUT2D eigenvalue weighted by atomic mass is 10.1. The maximum absolute atomic E-state index is 11.6. The monoisotopic (exact) mass is 298 g/mol. The molecule has 0 fully saturated rings. The first-order valence-electron chi connectivity index (χ1n) is 6.54. The van der Waals surface area contributed by atoms with Crippen molar-refractivity contribution in [2.24, 2.45) is 5.92 Å². The molecule has 0 aliphatic heterocycles. The Morgan fingerprint density at radius 1 is 1.15 bits per heavy atom. The Bertz CT molecular complexity index is 471. The Balaban J connectivity index is 2.35. The van der Waals surface area contributed by atoms with Gasteiger partial charge in [-0.2, -0.15) is 0 Å². The maximum Gasteiger partial charge on any atom is 0.311 e. The second-order valence-corrected chi connectivity index (χ2v) is 5.31. The highest BCUT2D eigenvalue weighted by atomic mass is 35.5. The highest BCUT2D eigenvalue weighted by molar-refractivity contribution is 6.30. The van der Waals surface area contributed by atoms with E-state index in [-0.39, 0.29) is 24.9 Å². The summed E-state index contributed by atoms with van der Waals surface area (Å²) >= 11 is 5.78. The molecule has 1 unspecified atom stereocenters. The van der Waals surface area contributed by atoms with Gasteiger partial charge in [-0.1, -0.05) is 31.5 Å². The number of hydrogen-bond donors (Lipinski definition) is 0. The van der Waals surface area contributed by atoms with Crippen LogP contribution in [0.3, 0.4) is 0 Å². The van der Waals surface area contributed by atoms with Crippen LogP contribution >= 0.6 is 11.6 Å². The van der Waals surface area contributed by atoms with E-state index in [0.29, 0.717) is 10.8 Å². The van der Waals surface area contributed by atoms with Gasteiger partial charge in [-0.25, -0.2) is 0 Å². The third-order valence-electron chi connectivity index (χ3n) is 2.82. The molecule has 1 aromatic carbocycles. The minimum absolute atomic E-state index is 0.0104. The number of carbonyl (C=O) groups excluding carboxylic acids is 2. The summed E-state index contributed by atoms with van der Waals surface area (Å²) in [6.45, 7) is 5.75. The molecule has 0 bridgehead atoms. The van der Waals surface area contributed by atoms with Crippen LogP contribution in [-0.2, 0) is 14.3 Å². The van der Waals surface area contributed by atoms with Gasteiger partial charge in [-0.15, -0.1) is 0 Å². The highest BCUT2D eigenvalue weighted by Crippen LogP contribution is 2.17. The van der Waals surface area contributed by atoms with E-state index in [2.05, 4.69) is 0 Å². The van der Waals surface area contributed by atoms with E-state index in [4.69, 9.17) is 21.1 Å². The van der Waals surface area contributed by atoms with Gasteiger partial charge in [0.1, 0.15) is 11.9 Å². The first-order valence-corrected chi connectivity index (χ1v) is 6.92. The largest absolute Gasteiger partial charge is 0.462 e. The first kappa shape index (κ1) is 16.5. The van der Waals surface area contributed by atoms with Crippen molar-refractivity contribution in [3.63, 3.8) is 0 Å². The average Bonchev–Trinajstić information content (AvgIpc) is 2.36. The highest BCUT2D eigenvalue weighted by Gasteiger charge is 2.15. The summed E-state index contributed by atoms with van der Waals surface area (Å²) in [5, 5.41) is 0.487. The summed E-state index contributed by atoms with van der Waals surface area (Å²) in [5.41, 5.74) is 0. The van der Waals surface area contributed by atoms with Crippen molar-refractivity contribution in [3.8, 4) is 5.75 Å². The van der Waals surface area contributed by atoms with E-state index < -0.39 is 11.9 Å². The smallest absolute Gasteiger partial charge is 0.311 e. The standard InChI is InChI=1S/C15H19ClO4/c1-10(2)11(3)19-14(17)7-8-15(18)20-13-6-4-5-12(16)9-13/h4-6,9-11H,7-8H2,1-3H3. The van der Waals surface area contributed by atoms with Crippen LogP contribution in [-0.4, -0.2) is 18.0 Å². The molecule has 1 rings (SSSR count). The van der Waals surface area contributed by atoms with Gasteiger partial charge in [0.05, 0.1) is 12.8 Å². The summed E-state index contributed by atoms with van der Waals surface area (Å²) in [6, 6.07) is 6.54. The first-order chi connectivity index (χ1) is 9.38. The lowest BCUT2D eigenvalue weighted by Gasteiger charge is -2.16. The maximum atomic E-state index is 11.6. The van der Waals surface area contributed by atoms with Crippen LogP contribution in [0, 0.1) is 5.92 Å². The quantitative estimate of drug-likeness (QED) is 0.594. The SMILES string of the molecule is CC(C)C(C)OC(=O)CCC(=O)Oc1cccc(Cl)c1. The fraction of sp³-hybridized carbons (Fsp3) is 0.467. The van der Waals surface area contributed by atoms with E-state index >= 15 is 0 Å². The topological polar surface area (TPSA) is 52.6 Å². The molecule has 0 aromatic heterocycles. The van der Waals surface area contributed by atoms with Crippen LogP contribution in [0.1, 0.15) is 33.6 Å². The normalized spacial score (nSPS) is 12.1. The van der Waals surface area contributed by atoms with E-state index in [1.807, 2.05) is 20.8 Å². The van der Waals surface area contributed by atoms with Gasteiger partial charge in [0.2, 0.25) is 0 Å². The molecule has 0 radical (unpaired) electrons. The Labute approximate surface area is 124 Å². The molecule has 0 aliphatic rings. The molecule has 1 aromatic rings. The molecule has 4 nitrogen and oxygen atoms in total. The minimum atomic E-state index is -0.485. The number of hydrogen-bond acceptors (Lipinski definition) is 4. The minimum Gasteiger partial charge on any atom is -0.462 e. The predicted molar refractivity (Wildman–Crippen MR) is 76.7 cm³/mol. The molecule has 1 atom stereocenters. The summed E-state index contributed by atoms with van der Waals surface area (Å²) in [4.78, 5) is 23.1. The van der Waals surface area contributed by atoms with Crippen LogP contribution in [0.5, 0.6) is 5.75 Å². The van der Waals surface area contributed by atoms with Crippen molar-refractivity contribution < 1.29 is 19.1 Å². The molecule has 0 aliphatic carbocycles. The Hall–Kier alpha value is -1.55. The zero-order valence-electron chi connectivity index (χ0n) is 11.9. The molecule has 0 amide bonds. The second-order valence-electron chi connectivity index (χ2n) is 4.87. The number of carbonyl (C=O) groups is 2. The molecule has 20 heavy (non-hydrogen) atoms. The molecule has 0 heterocycles. The van der Waals surface area contributed by atoms with Crippen molar-refractivity contribution in [2.75, 3.05) is 0 Å². The number of benzene rings is 1. The molecule has 110 valence electrons. The fourth-order valence-electron chi connectivity index (χ4n) is 1.32. The van der Waals surface area contributed by atoms with Crippen molar-refractivity contribution >= 4 is 23.5 Å². The molecular formula is C15H19ClO4. The van der Waals surface area contributed by atoms with Crippen molar-refractivity contribution in [1.29, 1.82) is 0 Å². The number of rotatable bonds is 6. The van der Waals surface area contributed by atoms with Gasteiger partial charge in [0.25, 0.3) is 0 Å². The molecular weight excluding hydrogens is 280 g/mol. The zero-order chi connectivity index (χ0) is 15.1. The summed E-state index contributed by atoms with van der Waals surface area (Å²) in [6.07, 6.45) is -0.168.